The maximum Gasteiger partial charge on any atom is 0.165 e. The fraction of sp³-hybridized carbons (Fsp3) is 0.500. The molecule has 1 spiro atoms. The van der Waals surface area contributed by atoms with Crippen LogP contribution in [0, 0.1) is 12.3 Å². The molecule has 0 amide bonds. The monoisotopic (exact) mass is 397 g/mol. The number of nitrogens with one attached hydrogen (secondary N) is 1. The lowest BCUT2D eigenvalue weighted by Crippen LogP contribution is -2.41. The Morgan fingerprint density at radius 1 is 1.14 bits per heavy atom. The highest BCUT2D eigenvalue weighted by atomic mass is 35.5. The van der Waals surface area contributed by atoms with E-state index in [4.69, 9.17) is 21.6 Å². The van der Waals surface area contributed by atoms with Crippen LogP contribution in [0.4, 0.5) is 5.82 Å². The van der Waals surface area contributed by atoms with Crippen LogP contribution < -0.4 is 4.90 Å². The maximum absolute atomic E-state index is 6.41. The van der Waals surface area contributed by atoms with Crippen LogP contribution in [-0.4, -0.2) is 63.3 Å². The number of pyridine rings is 1. The van der Waals surface area contributed by atoms with Crippen LogP contribution in [-0.2, 0) is 0 Å². The average Bonchev–Trinajstić information content (AvgIpc) is 3.28. The molecule has 0 aromatic carbocycles. The fourth-order valence-corrected chi connectivity index (χ4v) is 4.90. The second-order valence-electron chi connectivity index (χ2n) is 8.25. The smallest absolute Gasteiger partial charge is 0.165 e. The van der Waals surface area contributed by atoms with Gasteiger partial charge in [0.25, 0.3) is 0 Å². The molecule has 2 saturated heterocycles. The van der Waals surface area contributed by atoms with Crippen molar-refractivity contribution in [3.63, 3.8) is 0 Å². The predicted molar refractivity (Wildman–Crippen MR) is 111 cm³/mol. The summed E-state index contributed by atoms with van der Waals surface area (Å²) in [4.78, 5) is 18.8. The number of aromatic amines is 1. The molecule has 1 N–H and O–H groups in total. The molecule has 2 fully saturated rings. The molecular weight excluding hydrogens is 374 g/mol. The number of aryl methyl sites for hydroxylation is 1. The third-order valence-corrected chi connectivity index (χ3v) is 6.65. The number of fused-ring (bicyclic) bond motifs is 1. The molecule has 8 heteroatoms. The Bertz CT molecular complexity index is 1020. The Kier molecular flexibility index (Phi) is 4.25. The quantitative estimate of drug-likeness (QED) is 0.669. The molecule has 28 heavy (non-hydrogen) atoms. The first-order valence-electron chi connectivity index (χ1n) is 9.81. The van der Waals surface area contributed by atoms with Gasteiger partial charge in [0.05, 0.1) is 11.8 Å². The lowest BCUT2D eigenvalue weighted by atomic mass is 9.78. The molecule has 3 aromatic rings. The van der Waals surface area contributed by atoms with Crippen LogP contribution >= 0.6 is 11.6 Å². The van der Waals surface area contributed by atoms with Gasteiger partial charge in [-0.2, -0.15) is 5.10 Å². The van der Waals surface area contributed by atoms with Crippen molar-refractivity contribution in [1.82, 2.24) is 30.0 Å². The van der Waals surface area contributed by atoms with Gasteiger partial charge in [0, 0.05) is 36.9 Å². The van der Waals surface area contributed by atoms with Gasteiger partial charge in [-0.25, -0.2) is 15.0 Å². The van der Waals surface area contributed by atoms with E-state index in [9.17, 15) is 0 Å². The fourth-order valence-electron chi connectivity index (χ4n) is 4.70. The summed E-state index contributed by atoms with van der Waals surface area (Å²) in [5.74, 6) is 1.59. The molecular formula is C20H24ClN7. The lowest BCUT2D eigenvalue weighted by molar-refractivity contribution is 0.222. The number of likely N-dealkylation sites (tertiary alicyclic amines) is 1. The number of piperidine rings is 1. The molecule has 0 radical (unpaired) electrons. The van der Waals surface area contributed by atoms with E-state index in [1.807, 2.05) is 13.0 Å². The minimum Gasteiger partial charge on any atom is -0.356 e. The number of rotatable bonds is 2. The standard InChI is InChI=1S/C20H24ClN7/c1-13-15(11-23-26-13)18-24-16-14(3-7-22-17(16)21)19(25-18)28-9-5-20(6-10-28)4-8-27(2)12-20/h3,7,11H,4-6,8-10,12H2,1-2H3,(H,23,26). The Labute approximate surface area is 169 Å². The zero-order valence-electron chi connectivity index (χ0n) is 16.2. The van der Waals surface area contributed by atoms with Crippen molar-refractivity contribution in [3.05, 3.63) is 29.3 Å². The predicted octanol–water partition coefficient (Wildman–Crippen LogP) is 3.30. The molecule has 0 bridgehead atoms. The topological polar surface area (TPSA) is 73.8 Å². The van der Waals surface area contributed by atoms with Crippen LogP contribution in [0.3, 0.4) is 0 Å². The molecule has 0 saturated carbocycles. The van der Waals surface area contributed by atoms with Crippen molar-refractivity contribution in [1.29, 1.82) is 0 Å². The molecule has 0 unspecified atom stereocenters. The summed E-state index contributed by atoms with van der Waals surface area (Å²) in [5.41, 5.74) is 3.01. The molecule has 0 atom stereocenters. The summed E-state index contributed by atoms with van der Waals surface area (Å²) in [5, 5.41) is 8.47. The third-order valence-electron chi connectivity index (χ3n) is 6.37. The molecule has 5 rings (SSSR count). The highest BCUT2D eigenvalue weighted by Gasteiger charge is 2.39. The van der Waals surface area contributed by atoms with Gasteiger partial charge < -0.3 is 9.80 Å². The number of halogens is 1. The van der Waals surface area contributed by atoms with Crippen LogP contribution in [0.25, 0.3) is 22.3 Å². The van der Waals surface area contributed by atoms with E-state index in [0.29, 0.717) is 21.9 Å². The minimum atomic E-state index is 0.412. The second-order valence-corrected chi connectivity index (χ2v) is 8.61. The van der Waals surface area contributed by atoms with Gasteiger partial charge in [-0.3, -0.25) is 5.10 Å². The summed E-state index contributed by atoms with van der Waals surface area (Å²) < 4.78 is 0. The highest BCUT2D eigenvalue weighted by Crippen LogP contribution is 2.41. The summed E-state index contributed by atoms with van der Waals surface area (Å²) in [6, 6.07) is 1.97. The molecule has 2 aliphatic rings. The van der Waals surface area contributed by atoms with Crippen molar-refractivity contribution in [2.24, 2.45) is 5.41 Å². The van der Waals surface area contributed by atoms with Gasteiger partial charge in [0.1, 0.15) is 11.3 Å². The maximum atomic E-state index is 6.41. The van der Waals surface area contributed by atoms with E-state index in [-0.39, 0.29) is 0 Å². The first kappa shape index (κ1) is 17.8. The van der Waals surface area contributed by atoms with Crippen LogP contribution in [0.5, 0.6) is 0 Å². The van der Waals surface area contributed by atoms with Gasteiger partial charge in [-0.05, 0) is 51.3 Å². The second kappa shape index (κ2) is 6.67. The van der Waals surface area contributed by atoms with Gasteiger partial charge >= 0.3 is 0 Å². The Hall–Kier alpha value is -2.25. The summed E-state index contributed by atoms with van der Waals surface area (Å²) in [6.07, 6.45) is 7.20. The van der Waals surface area contributed by atoms with Crippen molar-refractivity contribution >= 4 is 28.3 Å². The van der Waals surface area contributed by atoms with E-state index in [2.05, 4.69) is 32.0 Å². The van der Waals surface area contributed by atoms with Crippen molar-refractivity contribution < 1.29 is 0 Å². The molecule has 7 nitrogen and oxygen atoms in total. The number of nitrogens with zero attached hydrogens (tertiary/aromatic N) is 6. The molecule has 0 aliphatic carbocycles. The number of aromatic nitrogens is 5. The van der Waals surface area contributed by atoms with Crippen LogP contribution in [0.1, 0.15) is 25.0 Å². The summed E-state index contributed by atoms with van der Waals surface area (Å²) in [6.45, 7) is 6.40. The van der Waals surface area contributed by atoms with Gasteiger partial charge in [0.2, 0.25) is 0 Å². The zero-order chi connectivity index (χ0) is 19.3. The molecule has 146 valence electrons. The Balaban J connectivity index is 1.55. The van der Waals surface area contributed by atoms with Crippen molar-refractivity contribution in [3.8, 4) is 11.4 Å². The Morgan fingerprint density at radius 3 is 2.61 bits per heavy atom. The van der Waals surface area contributed by atoms with Crippen molar-refractivity contribution in [2.45, 2.75) is 26.2 Å². The lowest BCUT2D eigenvalue weighted by Gasteiger charge is -2.40. The normalized spacial score (nSPS) is 19.8. The zero-order valence-corrected chi connectivity index (χ0v) is 17.0. The first-order valence-corrected chi connectivity index (χ1v) is 10.2. The van der Waals surface area contributed by atoms with Crippen LogP contribution in [0.15, 0.2) is 18.5 Å². The van der Waals surface area contributed by atoms with E-state index >= 15 is 0 Å². The van der Waals surface area contributed by atoms with Gasteiger partial charge in [-0.1, -0.05) is 11.6 Å². The Morgan fingerprint density at radius 2 is 1.93 bits per heavy atom. The minimum absolute atomic E-state index is 0.412. The SMILES string of the molecule is Cc1[nH]ncc1-c1nc(N2CCC3(CCN(C)C3)CC2)c2ccnc(Cl)c2n1. The largest absolute Gasteiger partial charge is 0.356 e. The first-order chi connectivity index (χ1) is 13.5. The molecule has 3 aromatic heterocycles. The van der Waals surface area contributed by atoms with Gasteiger partial charge in [0.15, 0.2) is 11.0 Å². The summed E-state index contributed by atoms with van der Waals surface area (Å²) in [7, 11) is 2.23. The van der Waals surface area contributed by atoms with E-state index in [0.717, 1.165) is 35.6 Å². The van der Waals surface area contributed by atoms with E-state index < -0.39 is 0 Å². The highest BCUT2D eigenvalue weighted by molar-refractivity contribution is 6.34. The molecule has 5 heterocycles. The summed E-state index contributed by atoms with van der Waals surface area (Å²) >= 11 is 6.41. The average molecular weight is 398 g/mol. The third kappa shape index (κ3) is 2.93. The number of hydrogen-bond acceptors (Lipinski definition) is 6. The van der Waals surface area contributed by atoms with E-state index in [1.165, 1.54) is 32.4 Å². The van der Waals surface area contributed by atoms with Gasteiger partial charge in [-0.15, -0.1) is 0 Å². The molecule has 2 aliphatic heterocycles. The number of anilines is 1. The number of H-pyrrole nitrogens is 1. The van der Waals surface area contributed by atoms with Crippen LogP contribution in [0.2, 0.25) is 5.15 Å². The van der Waals surface area contributed by atoms with E-state index in [1.54, 1.807) is 12.4 Å². The van der Waals surface area contributed by atoms with Crippen molar-refractivity contribution in [2.75, 3.05) is 38.1 Å². The number of hydrogen-bond donors (Lipinski definition) is 1.